The molecule has 6 nitrogen and oxygen atoms in total. The van der Waals surface area contributed by atoms with Gasteiger partial charge >= 0.3 is 0 Å². The third-order valence-electron chi connectivity index (χ3n) is 5.71. The van der Waals surface area contributed by atoms with Crippen LogP contribution >= 0.6 is 0 Å². The van der Waals surface area contributed by atoms with E-state index in [1.807, 2.05) is 0 Å². The molecule has 1 amide bonds. The first-order valence-electron chi connectivity index (χ1n) is 9.49. The van der Waals surface area contributed by atoms with Crippen LogP contribution in [0.3, 0.4) is 0 Å². The highest BCUT2D eigenvalue weighted by molar-refractivity contribution is 5.82. The van der Waals surface area contributed by atoms with Crippen LogP contribution < -0.4 is 10.6 Å². The van der Waals surface area contributed by atoms with Crippen molar-refractivity contribution in [1.82, 2.24) is 15.5 Å². The summed E-state index contributed by atoms with van der Waals surface area (Å²) in [5.41, 5.74) is -0.0179. The van der Waals surface area contributed by atoms with E-state index >= 15 is 0 Å². The summed E-state index contributed by atoms with van der Waals surface area (Å²) in [4.78, 5) is 15.1. The molecule has 1 saturated carbocycles. The summed E-state index contributed by atoms with van der Waals surface area (Å²) in [5.74, 6) is 0.0761. The quantitative estimate of drug-likeness (QED) is 0.797. The lowest BCUT2D eigenvalue weighted by atomic mass is 9.79. The molecule has 2 aliphatic heterocycles. The molecule has 2 heterocycles. The Hall–Kier alpha value is -0.690. The number of amides is 1. The molecule has 2 N–H and O–H groups in total. The second-order valence-corrected chi connectivity index (χ2v) is 8.11. The molecule has 0 aromatic rings. The fraction of sp³-hybridized carbons (Fsp3) is 0.944. The molecule has 1 aliphatic carbocycles. The van der Waals surface area contributed by atoms with E-state index in [-0.39, 0.29) is 23.1 Å². The molecule has 138 valence electrons. The topological polar surface area (TPSA) is 62.8 Å². The summed E-state index contributed by atoms with van der Waals surface area (Å²) >= 11 is 0. The summed E-state index contributed by atoms with van der Waals surface area (Å²) in [5, 5.41) is 6.46. The van der Waals surface area contributed by atoms with Gasteiger partial charge in [0.1, 0.15) is 6.04 Å². The largest absolute Gasteiger partial charge is 0.378 e. The lowest BCUT2D eigenvalue weighted by Gasteiger charge is -2.51. The normalized spacial score (nSPS) is 30.7. The Bertz CT molecular complexity index is 429. The van der Waals surface area contributed by atoms with E-state index in [1.54, 1.807) is 0 Å². The zero-order valence-corrected chi connectivity index (χ0v) is 15.2. The predicted octanol–water partition coefficient (Wildman–Crippen LogP) is 0.905. The second-order valence-electron chi connectivity index (χ2n) is 8.11. The summed E-state index contributed by atoms with van der Waals surface area (Å²) in [6, 6.07) is -0.208. The Morgan fingerprint density at radius 3 is 2.71 bits per heavy atom. The Labute approximate surface area is 145 Å². The molecule has 0 aromatic carbocycles. The Morgan fingerprint density at radius 1 is 1.25 bits per heavy atom. The van der Waals surface area contributed by atoms with Crippen LogP contribution in [0.2, 0.25) is 0 Å². The molecule has 3 fully saturated rings. The van der Waals surface area contributed by atoms with Crippen LogP contribution in [0.5, 0.6) is 0 Å². The van der Waals surface area contributed by atoms with Crippen molar-refractivity contribution in [3.8, 4) is 0 Å². The summed E-state index contributed by atoms with van der Waals surface area (Å²) in [6.07, 6.45) is 6.13. The van der Waals surface area contributed by atoms with Crippen LogP contribution in [0.15, 0.2) is 0 Å². The maximum absolute atomic E-state index is 12.5. The van der Waals surface area contributed by atoms with Gasteiger partial charge in [0.15, 0.2) is 0 Å². The van der Waals surface area contributed by atoms with E-state index in [2.05, 4.69) is 29.4 Å². The number of morpholine rings is 2. The number of nitrogens with zero attached hydrogens (tertiary/aromatic N) is 1. The van der Waals surface area contributed by atoms with Gasteiger partial charge < -0.3 is 20.1 Å². The van der Waals surface area contributed by atoms with Crippen LogP contribution in [0, 0.1) is 0 Å². The number of carbonyl (C=O) groups excluding carboxylic acids is 1. The Kier molecular flexibility index (Phi) is 5.80. The molecule has 2 saturated heterocycles. The molecule has 3 aliphatic rings. The van der Waals surface area contributed by atoms with E-state index in [9.17, 15) is 4.79 Å². The number of hydrogen-bond donors (Lipinski definition) is 2. The molecule has 0 bridgehead atoms. The molecule has 0 spiro atoms. The van der Waals surface area contributed by atoms with E-state index in [1.165, 1.54) is 19.3 Å². The van der Waals surface area contributed by atoms with Crippen molar-refractivity contribution >= 4 is 5.91 Å². The van der Waals surface area contributed by atoms with Gasteiger partial charge in [0, 0.05) is 31.7 Å². The van der Waals surface area contributed by atoms with Gasteiger partial charge in [-0.05, 0) is 26.7 Å². The van der Waals surface area contributed by atoms with Gasteiger partial charge in [0.05, 0.1) is 25.4 Å². The van der Waals surface area contributed by atoms with Gasteiger partial charge in [-0.3, -0.25) is 9.69 Å². The lowest BCUT2D eigenvalue weighted by Crippen LogP contribution is -2.64. The highest BCUT2D eigenvalue weighted by atomic mass is 16.5. The standard InChI is InChI=1S/C18H33N3O3/c1-17(2)14-21(9-11-24-17)18(6-4-3-5-7-18)13-20-16(22)15-12-23-10-8-19-15/h15,19H,3-14H2,1-2H3,(H,20,22). The van der Waals surface area contributed by atoms with Gasteiger partial charge in [-0.25, -0.2) is 0 Å². The molecule has 0 aromatic heterocycles. The molecule has 1 atom stereocenters. The summed E-state index contributed by atoms with van der Waals surface area (Å²) < 4.78 is 11.3. The first kappa shape index (κ1) is 18.1. The molecule has 6 heteroatoms. The van der Waals surface area contributed by atoms with Crippen molar-refractivity contribution in [3.63, 3.8) is 0 Å². The zero-order chi connectivity index (χ0) is 17.0. The number of carbonyl (C=O) groups is 1. The Morgan fingerprint density at radius 2 is 2.04 bits per heavy atom. The van der Waals surface area contributed by atoms with Gasteiger partial charge in [-0.1, -0.05) is 19.3 Å². The third kappa shape index (κ3) is 4.28. The van der Waals surface area contributed by atoms with Crippen LogP contribution in [0.4, 0.5) is 0 Å². The Balaban J connectivity index is 1.63. The van der Waals surface area contributed by atoms with Crippen LogP contribution in [-0.2, 0) is 14.3 Å². The van der Waals surface area contributed by atoms with Crippen molar-refractivity contribution in [2.45, 2.75) is 63.1 Å². The highest BCUT2D eigenvalue weighted by Gasteiger charge is 2.42. The molecule has 24 heavy (non-hydrogen) atoms. The van der Waals surface area contributed by atoms with E-state index in [4.69, 9.17) is 9.47 Å². The minimum absolute atomic E-state index is 0.0761. The number of hydrogen-bond acceptors (Lipinski definition) is 5. The molecular weight excluding hydrogens is 306 g/mol. The van der Waals surface area contributed by atoms with Crippen molar-refractivity contribution in [2.75, 3.05) is 46.0 Å². The fourth-order valence-corrected chi connectivity index (χ4v) is 4.34. The van der Waals surface area contributed by atoms with E-state index in [0.29, 0.717) is 13.2 Å². The first-order chi connectivity index (χ1) is 11.5. The van der Waals surface area contributed by atoms with Gasteiger partial charge in [0.2, 0.25) is 5.91 Å². The summed E-state index contributed by atoms with van der Waals surface area (Å²) in [6.45, 7) is 9.66. The van der Waals surface area contributed by atoms with Crippen molar-refractivity contribution in [3.05, 3.63) is 0 Å². The smallest absolute Gasteiger partial charge is 0.239 e. The van der Waals surface area contributed by atoms with Gasteiger partial charge in [-0.2, -0.15) is 0 Å². The zero-order valence-electron chi connectivity index (χ0n) is 15.2. The SMILES string of the molecule is CC1(C)CN(C2(CNC(=O)C3COCCN3)CCCCC2)CCO1. The number of rotatable bonds is 4. The first-order valence-corrected chi connectivity index (χ1v) is 9.49. The monoisotopic (exact) mass is 339 g/mol. The van der Waals surface area contributed by atoms with Crippen molar-refractivity contribution < 1.29 is 14.3 Å². The number of nitrogens with one attached hydrogen (secondary N) is 2. The minimum Gasteiger partial charge on any atom is -0.378 e. The van der Waals surface area contributed by atoms with Crippen LogP contribution in [0.1, 0.15) is 46.0 Å². The maximum Gasteiger partial charge on any atom is 0.239 e. The molecular formula is C18H33N3O3. The fourth-order valence-electron chi connectivity index (χ4n) is 4.34. The average molecular weight is 339 g/mol. The second kappa shape index (κ2) is 7.68. The van der Waals surface area contributed by atoms with Gasteiger partial charge in [-0.15, -0.1) is 0 Å². The van der Waals surface area contributed by atoms with Crippen LogP contribution in [-0.4, -0.2) is 74.0 Å². The van der Waals surface area contributed by atoms with E-state index in [0.717, 1.165) is 45.6 Å². The molecule has 1 unspecified atom stereocenters. The maximum atomic E-state index is 12.5. The molecule has 3 rings (SSSR count). The average Bonchev–Trinajstić information content (AvgIpc) is 2.60. The summed E-state index contributed by atoms with van der Waals surface area (Å²) in [7, 11) is 0. The van der Waals surface area contributed by atoms with Crippen molar-refractivity contribution in [2.24, 2.45) is 0 Å². The van der Waals surface area contributed by atoms with Crippen molar-refractivity contribution in [1.29, 1.82) is 0 Å². The third-order valence-corrected chi connectivity index (χ3v) is 5.71. The lowest BCUT2D eigenvalue weighted by molar-refractivity contribution is -0.132. The highest BCUT2D eigenvalue weighted by Crippen LogP contribution is 2.36. The minimum atomic E-state index is -0.208. The van der Waals surface area contributed by atoms with Crippen LogP contribution in [0.25, 0.3) is 0 Å². The van der Waals surface area contributed by atoms with E-state index < -0.39 is 0 Å². The van der Waals surface area contributed by atoms with Gasteiger partial charge in [0.25, 0.3) is 0 Å². The predicted molar refractivity (Wildman–Crippen MR) is 93.0 cm³/mol. The number of ether oxygens (including phenoxy) is 2. The molecule has 0 radical (unpaired) electrons.